The summed E-state index contributed by atoms with van der Waals surface area (Å²) in [7, 11) is 2.00. The largest absolute Gasteiger partial charge is 0.320 e. The number of rotatable bonds is 5. The molecular formula is C10H18N2S. The normalized spacial score (nSPS) is 10.7. The third-order valence-corrected chi connectivity index (χ3v) is 3.43. The summed E-state index contributed by atoms with van der Waals surface area (Å²) in [6, 6.07) is 0. The second-order valence-electron chi connectivity index (χ2n) is 3.18. The molecule has 0 atom stereocenters. The van der Waals surface area contributed by atoms with E-state index in [-0.39, 0.29) is 0 Å². The average Bonchev–Trinajstić information content (AvgIpc) is 2.48. The summed E-state index contributed by atoms with van der Waals surface area (Å²) in [5, 5.41) is 4.44. The van der Waals surface area contributed by atoms with E-state index in [4.69, 9.17) is 0 Å². The van der Waals surface area contributed by atoms with Crippen molar-refractivity contribution in [3.8, 4) is 0 Å². The summed E-state index contributed by atoms with van der Waals surface area (Å²) >= 11 is 1.87. The van der Waals surface area contributed by atoms with Gasteiger partial charge in [-0.2, -0.15) is 0 Å². The monoisotopic (exact) mass is 198 g/mol. The number of hydrogen-bond acceptors (Lipinski definition) is 3. The van der Waals surface area contributed by atoms with E-state index < -0.39 is 0 Å². The highest BCUT2D eigenvalue weighted by atomic mass is 32.1. The highest BCUT2D eigenvalue weighted by Gasteiger charge is 2.04. The van der Waals surface area contributed by atoms with Crippen LogP contribution in [-0.4, -0.2) is 18.6 Å². The van der Waals surface area contributed by atoms with Crippen LogP contribution >= 0.6 is 11.3 Å². The molecule has 0 saturated heterocycles. The zero-order valence-electron chi connectivity index (χ0n) is 8.68. The Hall–Kier alpha value is -0.410. The molecule has 0 aliphatic rings. The third kappa shape index (κ3) is 3.08. The maximum atomic E-state index is 4.51. The smallest absolute Gasteiger partial charge is 0.0928 e. The fourth-order valence-electron chi connectivity index (χ4n) is 1.30. The van der Waals surface area contributed by atoms with Gasteiger partial charge in [-0.1, -0.05) is 6.92 Å². The van der Waals surface area contributed by atoms with Crippen molar-refractivity contribution in [1.82, 2.24) is 10.3 Å². The Balaban J connectivity index is 2.50. The summed E-state index contributed by atoms with van der Waals surface area (Å²) < 4.78 is 0. The van der Waals surface area contributed by atoms with Crippen molar-refractivity contribution in [3.63, 3.8) is 0 Å². The maximum Gasteiger partial charge on any atom is 0.0928 e. The summed E-state index contributed by atoms with van der Waals surface area (Å²) in [6.07, 6.45) is 3.45. The van der Waals surface area contributed by atoms with Crippen molar-refractivity contribution in [1.29, 1.82) is 0 Å². The molecule has 0 bridgehead atoms. The Morgan fingerprint density at radius 1 is 1.46 bits per heavy atom. The van der Waals surface area contributed by atoms with E-state index in [1.165, 1.54) is 28.4 Å². The minimum absolute atomic E-state index is 1.07. The van der Waals surface area contributed by atoms with Gasteiger partial charge in [0.2, 0.25) is 0 Å². The SMILES string of the molecule is CCc1nc(C)c(CCCNC)s1. The van der Waals surface area contributed by atoms with E-state index in [0.29, 0.717) is 0 Å². The standard InChI is InChI=1S/C10H18N2S/c1-4-10-12-8(2)9(13-10)6-5-7-11-3/h11H,4-7H2,1-3H3. The van der Waals surface area contributed by atoms with Gasteiger partial charge in [0.1, 0.15) is 0 Å². The number of nitrogens with zero attached hydrogens (tertiary/aromatic N) is 1. The third-order valence-electron chi connectivity index (χ3n) is 2.07. The number of nitrogens with one attached hydrogen (secondary N) is 1. The summed E-state index contributed by atoms with van der Waals surface area (Å²) in [5.41, 5.74) is 1.23. The van der Waals surface area contributed by atoms with Crippen molar-refractivity contribution in [3.05, 3.63) is 15.6 Å². The van der Waals surface area contributed by atoms with Crippen LogP contribution in [0.25, 0.3) is 0 Å². The molecule has 0 aromatic carbocycles. The second-order valence-corrected chi connectivity index (χ2v) is 4.35. The van der Waals surface area contributed by atoms with Gasteiger partial charge in [-0.05, 0) is 39.8 Å². The molecule has 1 rings (SSSR count). The quantitative estimate of drug-likeness (QED) is 0.733. The van der Waals surface area contributed by atoms with Crippen molar-refractivity contribution in [2.75, 3.05) is 13.6 Å². The van der Waals surface area contributed by atoms with Crippen LogP contribution in [0.5, 0.6) is 0 Å². The van der Waals surface area contributed by atoms with Crippen LogP contribution in [-0.2, 0) is 12.8 Å². The lowest BCUT2D eigenvalue weighted by atomic mass is 10.2. The molecule has 13 heavy (non-hydrogen) atoms. The number of hydrogen-bond donors (Lipinski definition) is 1. The molecule has 3 heteroatoms. The van der Waals surface area contributed by atoms with Gasteiger partial charge in [0.05, 0.1) is 10.7 Å². The molecule has 1 aromatic heterocycles. The Labute approximate surface area is 84.4 Å². The maximum absolute atomic E-state index is 4.51. The van der Waals surface area contributed by atoms with E-state index in [2.05, 4.69) is 24.1 Å². The highest BCUT2D eigenvalue weighted by molar-refractivity contribution is 7.11. The van der Waals surface area contributed by atoms with Crippen LogP contribution in [0.3, 0.4) is 0 Å². The van der Waals surface area contributed by atoms with E-state index in [1.807, 2.05) is 18.4 Å². The molecule has 0 aliphatic heterocycles. The highest BCUT2D eigenvalue weighted by Crippen LogP contribution is 2.19. The van der Waals surface area contributed by atoms with Gasteiger partial charge in [-0.15, -0.1) is 11.3 Å². The van der Waals surface area contributed by atoms with Gasteiger partial charge in [0.15, 0.2) is 0 Å². The number of aryl methyl sites for hydroxylation is 3. The van der Waals surface area contributed by atoms with Gasteiger partial charge in [0, 0.05) is 4.88 Å². The number of thiazole rings is 1. The lowest BCUT2D eigenvalue weighted by Crippen LogP contribution is -2.08. The van der Waals surface area contributed by atoms with E-state index in [9.17, 15) is 0 Å². The Morgan fingerprint density at radius 2 is 2.23 bits per heavy atom. The molecule has 0 saturated carbocycles. The lowest BCUT2D eigenvalue weighted by molar-refractivity contribution is 0.727. The molecule has 0 spiro atoms. The molecule has 0 aliphatic carbocycles. The molecule has 0 amide bonds. The first-order chi connectivity index (χ1) is 6.27. The Bertz CT molecular complexity index is 255. The molecular weight excluding hydrogens is 180 g/mol. The number of aromatic nitrogens is 1. The van der Waals surface area contributed by atoms with Crippen LogP contribution in [0.15, 0.2) is 0 Å². The Kier molecular flexibility index (Phi) is 4.39. The summed E-state index contributed by atoms with van der Waals surface area (Å²) in [6.45, 7) is 5.37. The molecule has 1 aromatic rings. The van der Waals surface area contributed by atoms with Crippen molar-refractivity contribution in [2.24, 2.45) is 0 Å². The van der Waals surface area contributed by atoms with Crippen molar-refractivity contribution in [2.45, 2.75) is 33.1 Å². The molecule has 2 nitrogen and oxygen atoms in total. The van der Waals surface area contributed by atoms with E-state index in [1.54, 1.807) is 0 Å². The molecule has 1 heterocycles. The van der Waals surface area contributed by atoms with Gasteiger partial charge < -0.3 is 5.32 Å². The summed E-state index contributed by atoms with van der Waals surface area (Å²) in [4.78, 5) is 5.97. The van der Waals surface area contributed by atoms with Gasteiger partial charge in [0.25, 0.3) is 0 Å². The first kappa shape index (κ1) is 10.7. The van der Waals surface area contributed by atoms with Gasteiger partial charge in [-0.25, -0.2) is 4.98 Å². The first-order valence-corrected chi connectivity index (χ1v) is 5.69. The predicted molar refractivity (Wildman–Crippen MR) is 58.5 cm³/mol. The molecule has 0 unspecified atom stereocenters. The van der Waals surface area contributed by atoms with Gasteiger partial charge >= 0.3 is 0 Å². The molecule has 1 N–H and O–H groups in total. The Morgan fingerprint density at radius 3 is 2.77 bits per heavy atom. The van der Waals surface area contributed by atoms with Crippen LogP contribution in [0.4, 0.5) is 0 Å². The van der Waals surface area contributed by atoms with Crippen LogP contribution in [0.1, 0.15) is 28.9 Å². The minimum Gasteiger partial charge on any atom is -0.320 e. The van der Waals surface area contributed by atoms with E-state index in [0.717, 1.165) is 13.0 Å². The van der Waals surface area contributed by atoms with Crippen LogP contribution in [0.2, 0.25) is 0 Å². The minimum atomic E-state index is 1.07. The van der Waals surface area contributed by atoms with Crippen LogP contribution in [0, 0.1) is 6.92 Å². The zero-order chi connectivity index (χ0) is 9.68. The lowest BCUT2D eigenvalue weighted by Gasteiger charge is -1.97. The van der Waals surface area contributed by atoms with E-state index >= 15 is 0 Å². The zero-order valence-corrected chi connectivity index (χ0v) is 9.50. The molecule has 0 fully saturated rings. The fourth-order valence-corrected chi connectivity index (χ4v) is 2.35. The first-order valence-electron chi connectivity index (χ1n) is 4.87. The fraction of sp³-hybridized carbons (Fsp3) is 0.700. The predicted octanol–water partition coefficient (Wildman–Crippen LogP) is 2.17. The topological polar surface area (TPSA) is 24.9 Å². The molecule has 74 valence electrons. The average molecular weight is 198 g/mol. The van der Waals surface area contributed by atoms with Crippen molar-refractivity contribution >= 4 is 11.3 Å². The van der Waals surface area contributed by atoms with Crippen molar-refractivity contribution < 1.29 is 0 Å². The second kappa shape index (κ2) is 5.35. The molecule has 0 radical (unpaired) electrons. The van der Waals surface area contributed by atoms with Gasteiger partial charge in [-0.3, -0.25) is 0 Å². The summed E-state index contributed by atoms with van der Waals surface area (Å²) in [5.74, 6) is 0. The van der Waals surface area contributed by atoms with Crippen LogP contribution < -0.4 is 5.32 Å².